The lowest BCUT2D eigenvalue weighted by Crippen LogP contribution is -2.14. The Balaban J connectivity index is 1.88. The second-order valence-corrected chi connectivity index (χ2v) is 4.38. The van der Waals surface area contributed by atoms with Gasteiger partial charge in [0.25, 0.3) is 0 Å². The Bertz CT molecular complexity index is 630. The number of hydrogen-bond acceptors (Lipinski definition) is 4. The fourth-order valence-electron chi connectivity index (χ4n) is 1.75. The molecule has 0 fully saturated rings. The first-order chi connectivity index (χ1) is 10.1. The first-order valence-electron chi connectivity index (χ1n) is 6.28. The van der Waals surface area contributed by atoms with Crippen LogP contribution in [0, 0.1) is 11.6 Å². The number of pyridine rings is 1. The zero-order chi connectivity index (χ0) is 15.2. The SMILES string of the molecule is COC(=O)c1ccc(CNCc2ccc(F)c(F)c2)nc1. The molecular weight excluding hydrogens is 278 g/mol. The van der Waals surface area contributed by atoms with Crippen molar-refractivity contribution in [1.82, 2.24) is 10.3 Å². The zero-order valence-electron chi connectivity index (χ0n) is 11.4. The van der Waals surface area contributed by atoms with E-state index in [-0.39, 0.29) is 0 Å². The van der Waals surface area contributed by atoms with Crippen molar-refractivity contribution in [2.45, 2.75) is 13.1 Å². The van der Waals surface area contributed by atoms with Crippen LogP contribution in [0.2, 0.25) is 0 Å². The van der Waals surface area contributed by atoms with Gasteiger partial charge in [0.05, 0.1) is 18.4 Å². The molecule has 2 aromatic rings. The maximum absolute atomic E-state index is 13.0. The van der Waals surface area contributed by atoms with Crippen molar-refractivity contribution < 1.29 is 18.3 Å². The third kappa shape index (κ3) is 4.06. The van der Waals surface area contributed by atoms with Gasteiger partial charge in [0, 0.05) is 19.3 Å². The predicted molar refractivity (Wildman–Crippen MR) is 72.5 cm³/mol. The molecule has 6 heteroatoms. The number of carbonyl (C=O) groups excluding carboxylic acids is 1. The van der Waals surface area contributed by atoms with Gasteiger partial charge in [-0.15, -0.1) is 0 Å². The molecule has 0 aliphatic rings. The summed E-state index contributed by atoms with van der Waals surface area (Å²) in [6, 6.07) is 7.07. The number of ether oxygens (including phenoxy) is 1. The van der Waals surface area contributed by atoms with Crippen LogP contribution in [-0.4, -0.2) is 18.1 Å². The van der Waals surface area contributed by atoms with Gasteiger partial charge in [-0.2, -0.15) is 0 Å². The van der Waals surface area contributed by atoms with E-state index < -0.39 is 17.6 Å². The number of nitrogens with one attached hydrogen (secondary N) is 1. The third-order valence-corrected chi connectivity index (χ3v) is 2.87. The molecule has 2 rings (SSSR count). The molecule has 0 amide bonds. The molecule has 1 N–H and O–H groups in total. The molecule has 0 radical (unpaired) electrons. The normalized spacial score (nSPS) is 10.4. The van der Waals surface area contributed by atoms with Crippen molar-refractivity contribution in [2.75, 3.05) is 7.11 Å². The van der Waals surface area contributed by atoms with E-state index in [4.69, 9.17) is 0 Å². The third-order valence-electron chi connectivity index (χ3n) is 2.87. The lowest BCUT2D eigenvalue weighted by molar-refractivity contribution is 0.0600. The van der Waals surface area contributed by atoms with Crippen molar-refractivity contribution >= 4 is 5.97 Å². The molecule has 0 saturated carbocycles. The van der Waals surface area contributed by atoms with Gasteiger partial charge in [-0.1, -0.05) is 6.07 Å². The number of aromatic nitrogens is 1. The molecule has 0 aliphatic heterocycles. The molecule has 0 atom stereocenters. The number of rotatable bonds is 5. The van der Waals surface area contributed by atoms with Gasteiger partial charge < -0.3 is 10.1 Å². The van der Waals surface area contributed by atoms with E-state index in [9.17, 15) is 13.6 Å². The molecule has 110 valence electrons. The molecule has 0 unspecified atom stereocenters. The topological polar surface area (TPSA) is 51.2 Å². The van der Waals surface area contributed by atoms with Crippen LogP contribution >= 0.6 is 0 Å². The Morgan fingerprint density at radius 3 is 2.62 bits per heavy atom. The fraction of sp³-hybridized carbons (Fsp3) is 0.200. The number of esters is 1. The van der Waals surface area contributed by atoms with Gasteiger partial charge in [0.2, 0.25) is 0 Å². The Morgan fingerprint density at radius 2 is 2.00 bits per heavy atom. The summed E-state index contributed by atoms with van der Waals surface area (Å²) in [4.78, 5) is 15.4. The largest absolute Gasteiger partial charge is 0.465 e. The van der Waals surface area contributed by atoms with Gasteiger partial charge in [-0.05, 0) is 29.8 Å². The minimum Gasteiger partial charge on any atom is -0.465 e. The van der Waals surface area contributed by atoms with Gasteiger partial charge in [-0.3, -0.25) is 4.98 Å². The zero-order valence-corrected chi connectivity index (χ0v) is 11.4. The van der Waals surface area contributed by atoms with Crippen LogP contribution in [0.25, 0.3) is 0 Å². The molecule has 1 aromatic heterocycles. The number of carbonyl (C=O) groups is 1. The highest BCUT2D eigenvalue weighted by Crippen LogP contribution is 2.08. The minimum atomic E-state index is -0.866. The summed E-state index contributed by atoms with van der Waals surface area (Å²) in [6.45, 7) is 0.831. The number of hydrogen-bond donors (Lipinski definition) is 1. The lowest BCUT2D eigenvalue weighted by Gasteiger charge is -2.06. The number of nitrogens with zero attached hydrogens (tertiary/aromatic N) is 1. The van der Waals surface area contributed by atoms with Crippen LogP contribution in [0.5, 0.6) is 0 Å². The van der Waals surface area contributed by atoms with E-state index in [0.717, 1.165) is 17.8 Å². The van der Waals surface area contributed by atoms with Crippen LogP contribution in [0.15, 0.2) is 36.5 Å². The van der Waals surface area contributed by atoms with Crippen molar-refractivity contribution in [3.8, 4) is 0 Å². The molecular formula is C15H14F2N2O2. The summed E-state index contributed by atoms with van der Waals surface area (Å²) in [5.41, 5.74) is 1.74. The second-order valence-electron chi connectivity index (χ2n) is 4.38. The smallest absolute Gasteiger partial charge is 0.339 e. The van der Waals surface area contributed by atoms with Gasteiger partial charge in [-0.25, -0.2) is 13.6 Å². The summed E-state index contributed by atoms with van der Waals surface area (Å²) >= 11 is 0. The van der Waals surface area contributed by atoms with Crippen molar-refractivity contribution in [3.63, 3.8) is 0 Å². The van der Waals surface area contributed by atoms with E-state index in [1.54, 1.807) is 12.1 Å². The molecule has 0 aliphatic carbocycles. The summed E-state index contributed by atoms with van der Waals surface area (Å²) < 4.78 is 30.4. The number of benzene rings is 1. The van der Waals surface area contributed by atoms with E-state index in [0.29, 0.717) is 24.2 Å². The van der Waals surface area contributed by atoms with Crippen LogP contribution in [0.3, 0.4) is 0 Å². The van der Waals surface area contributed by atoms with E-state index >= 15 is 0 Å². The van der Waals surface area contributed by atoms with Crippen LogP contribution < -0.4 is 5.32 Å². The summed E-state index contributed by atoms with van der Waals surface area (Å²) in [6.07, 6.45) is 1.43. The predicted octanol–water partition coefficient (Wildman–Crippen LogP) is 2.44. The Morgan fingerprint density at radius 1 is 1.19 bits per heavy atom. The molecule has 0 bridgehead atoms. The van der Waals surface area contributed by atoms with E-state index in [2.05, 4.69) is 15.0 Å². The van der Waals surface area contributed by atoms with Gasteiger partial charge in [0.15, 0.2) is 11.6 Å². The minimum absolute atomic E-state index is 0.377. The maximum Gasteiger partial charge on any atom is 0.339 e. The summed E-state index contributed by atoms with van der Waals surface area (Å²) in [7, 11) is 1.31. The summed E-state index contributed by atoms with van der Waals surface area (Å²) in [5, 5.41) is 3.06. The quantitative estimate of drug-likeness (QED) is 0.860. The molecule has 1 heterocycles. The average Bonchev–Trinajstić information content (AvgIpc) is 2.51. The molecule has 4 nitrogen and oxygen atoms in total. The van der Waals surface area contributed by atoms with Crippen molar-refractivity contribution in [3.05, 3.63) is 65.0 Å². The van der Waals surface area contributed by atoms with Gasteiger partial charge in [0.1, 0.15) is 0 Å². The van der Waals surface area contributed by atoms with Crippen LogP contribution in [0.4, 0.5) is 8.78 Å². The molecule has 1 aromatic carbocycles. The van der Waals surface area contributed by atoms with Crippen LogP contribution in [-0.2, 0) is 17.8 Å². The lowest BCUT2D eigenvalue weighted by atomic mass is 10.2. The van der Waals surface area contributed by atoms with Crippen molar-refractivity contribution in [1.29, 1.82) is 0 Å². The van der Waals surface area contributed by atoms with Crippen molar-refractivity contribution in [2.24, 2.45) is 0 Å². The highest BCUT2D eigenvalue weighted by atomic mass is 19.2. The first kappa shape index (κ1) is 15.1. The van der Waals surface area contributed by atoms with E-state index in [1.807, 2.05) is 0 Å². The molecule has 0 spiro atoms. The Labute approximate surface area is 120 Å². The molecule has 0 saturated heterocycles. The molecule has 21 heavy (non-hydrogen) atoms. The second kappa shape index (κ2) is 6.90. The highest BCUT2D eigenvalue weighted by Gasteiger charge is 2.06. The fourth-order valence-corrected chi connectivity index (χ4v) is 1.75. The van der Waals surface area contributed by atoms with Crippen LogP contribution in [0.1, 0.15) is 21.6 Å². The Hall–Kier alpha value is -2.34. The average molecular weight is 292 g/mol. The monoisotopic (exact) mass is 292 g/mol. The Kier molecular flexibility index (Phi) is 4.94. The van der Waals surface area contributed by atoms with E-state index in [1.165, 1.54) is 19.4 Å². The first-order valence-corrected chi connectivity index (χ1v) is 6.28. The summed E-state index contributed by atoms with van der Waals surface area (Å²) in [5.74, 6) is -2.17. The number of halogens is 2. The number of methoxy groups -OCH3 is 1. The standard InChI is InChI=1S/C15H14F2N2O2/c1-21-15(20)11-3-4-12(19-8-11)9-18-7-10-2-5-13(16)14(17)6-10/h2-6,8,18H,7,9H2,1H3. The van der Waals surface area contributed by atoms with Gasteiger partial charge >= 0.3 is 5.97 Å². The highest BCUT2D eigenvalue weighted by molar-refractivity contribution is 5.88. The maximum atomic E-state index is 13.0.